The number of hydrogen-bond donors (Lipinski definition) is 1. The van der Waals surface area contributed by atoms with Crippen LogP contribution >= 0.6 is 23.2 Å². The van der Waals surface area contributed by atoms with Gasteiger partial charge >= 0.3 is 0 Å². The maximum absolute atomic E-state index is 12.0. The van der Waals surface area contributed by atoms with Gasteiger partial charge < -0.3 is 4.74 Å². The van der Waals surface area contributed by atoms with Crippen LogP contribution in [0.3, 0.4) is 0 Å². The molecule has 0 aliphatic rings. The average molecular weight is 366 g/mol. The lowest BCUT2D eigenvalue weighted by molar-refractivity contribution is -0.384. The molecule has 0 atom stereocenters. The minimum Gasteiger partial charge on any atom is -0.434 e. The molecule has 3 rings (SSSR count). The molecule has 0 radical (unpaired) electrons. The van der Waals surface area contributed by atoms with Gasteiger partial charge in [-0.15, -0.1) is 5.10 Å². The molecule has 3 aromatic rings. The van der Waals surface area contributed by atoms with Crippen LogP contribution in [0, 0.1) is 17.0 Å². The van der Waals surface area contributed by atoms with E-state index in [1.807, 2.05) is 0 Å². The highest BCUT2D eigenvalue weighted by Crippen LogP contribution is 2.40. The van der Waals surface area contributed by atoms with Crippen molar-refractivity contribution < 1.29 is 9.66 Å². The van der Waals surface area contributed by atoms with E-state index in [-0.39, 0.29) is 32.9 Å². The summed E-state index contributed by atoms with van der Waals surface area (Å²) in [5, 5.41) is 17.9. The van der Waals surface area contributed by atoms with E-state index in [0.29, 0.717) is 10.8 Å². The Kier molecular flexibility index (Phi) is 4.13. The monoisotopic (exact) mass is 365 g/mol. The van der Waals surface area contributed by atoms with Crippen molar-refractivity contribution in [2.75, 3.05) is 0 Å². The number of fused-ring (bicyclic) bond motifs is 1. The molecule has 7 nitrogen and oxygen atoms in total. The van der Waals surface area contributed by atoms with Crippen LogP contribution in [0.2, 0.25) is 10.0 Å². The molecule has 1 heterocycles. The van der Waals surface area contributed by atoms with E-state index in [0.717, 1.165) is 17.7 Å². The molecule has 1 aromatic heterocycles. The summed E-state index contributed by atoms with van der Waals surface area (Å²) in [6.07, 6.45) is 0. The normalized spacial score (nSPS) is 10.8. The van der Waals surface area contributed by atoms with Crippen LogP contribution in [-0.4, -0.2) is 15.1 Å². The molecule has 9 heteroatoms. The first-order chi connectivity index (χ1) is 11.4. The number of aromatic amines is 1. The highest BCUT2D eigenvalue weighted by molar-refractivity contribution is 6.37. The van der Waals surface area contributed by atoms with Crippen LogP contribution in [0.4, 0.5) is 5.69 Å². The first kappa shape index (κ1) is 16.2. The highest BCUT2D eigenvalue weighted by Gasteiger charge is 2.18. The summed E-state index contributed by atoms with van der Waals surface area (Å²) in [5.74, 6) is 0.109. The van der Waals surface area contributed by atoms with E-state index in [9.17, 15) is 14.9 Å². The maximum Gasteiger partial charge on any atom is 0.272 e. The van der Waals surface area contributed by atoms with E-state index in [2.05, 4.69) is 10.2 Å². The minimum atomic E-state index is -0.613. The molecule has 1 N–H and O–H groups in total. The second kappa shape index (κ2) is 6.10. The van der Waals surface area contributed by atoms with Gasteiger partial charge in [-0.2, -0.15) is 0 Å². The van der Waals surface area contributed by atoms with Crippen molar-refractivity contribution in [1.29, 1.82) is 0 Å². The fraction of sp³-hybridized carbons (Fsp3) is 0.0667. The van der Waals surface area contributed by atoms with Gasteiger partial charge in [0.15, 0.2) is 5.75 Å². The Morgan fingerprint density at radius 1 is 1.25 bits per heavy atom. The third kappa shape index (κ3) is 2.79. The second-order valence-corrected chi connectivity index (χ2v) is 5.77. The number of aryl methyl sites for hydroxylation is 1. The van der Waals surface area contributed by atoms with E-state index < -0.39 is 4.92 Å². The van der Waals surface area contributed by atoms with Crippen LogP contribution in [0.25, 0.3) is 10.8 Å². The molecule has 0 spiro atoms. The number of nitro groups is 1. The molecule has 0 amide bonds. The molecule has 0 aliphatic carbocycles. The van der Waals surface area contributed by atoms with Crippen LogP contribution in [-0.2, 0) is 0 Å². The van der Waals surface area contributed by atoms with Crippen LogP contribution < -0.4 is 10.3 Å². The number of rotatable bonds is 3. The minimum absolute atomic E-state index is 0.0197. The van der Waals surface area contributed by atoms with Gasteiger partial charge in [0.1, 0.15) is 0 Å². The molecule has 0 saturated heterocycles. The first-order valence-electron chi connectivity index (χ1n) is 6.68. The molecule has 24 heavy (non-hydrogen) atoms. The van der Waals surface area contributed by atoms with Crippen molar-refractivity contribution in [3.8, 4) is 11.6 Å². The molecule has 0 bridgehead atoms. The number of nitrogens with one attached hydrogen (secondary N) is 1. The van der Waals surface area contributed by atoms with E-state index >= 15 is 0 Å². The number of hydrogen-bond acceptors (Lipinski definition) is 5. The lowest BCUT2D eigenvalue weighted by Gasteiger charge is -2.11. The van der Waals surface area contributed by atoms with Gasteiger partial charge in [0.25, 0.3) is 11.2 Å². The third-order valence-corrected chi connectivity index (χ3v) is 3.94. The number of nitrogens with zero attached hydrogens (tertiary/aromatic N) is 2. The SMILES string of the molecule is Cc1cccc2c(Oc3c(Cl)cc([N+](=O)[O-])cc3Cl)n[nH]c(=O)c12. The van der Waals surface area contributed by atoms with Crippen molar-refractivity contribution in [1.82, 2.24) is 10.2 Å². The fourth-order valence-electron chi connectivity index (χ4n) is 2.29. The molecule has 0 unspecified atom stereocenters. The predicted molar refractivity (Wildman–Crippen MR) is 90.3 cm³/mol. The number of halogens is 2. The van der Waals surface area contributed by atoms with Gasteiger partial charge in [0.2, 0.25) is 5.88 Å². The van der Waals surface area contributed by atoms with Gasteiger partial charge in [-0.25, -0.2) is 5.10 Å². The Balaban J connectivity index is 2.15. The van der Waals surface area contributed by atoms with Crippen LogP contribution in [0.5, 0.6) is 11.6 Å². The summed E-state index contributed by atoms with van der Waals surface area (Å²) in [5.41, 5.74) is 0.144. The highest BCUT2D eigenvalue weighted by atomic mass is 35.5. The molecule has 0 fully saturated rings. The largest absolute Gasteiger partial charge is 0.434 e. The molecular weight excluding hydrogens is 357 g/mol. The standard InChI is InChI=1S/C15H9Cl2N3O4/c1-7-3-2-4-9-12(7)14(21)18-19-15(9)24-13-10(16)5-8(20(22)23)6-11(13)17/h2-6H,1H3,(H,18,21). The van der Waals surface area contributed by atoms with E-state index in [1.54, 1.807) is 25.1 Å². The van der Waals surface area contributed by atoms with Crippen LogP contribution in [0.1, 0.15) is 5.56 Å². The Morgan fingerprint density at radius 2 is 1.92 bits per heavy atom. The summed E-state index contributed by atoms with van der Waals surface area (Å²) in [6, 6.07) is 7.47. The van der Waals surface area contributed by atoms with Gasteiger partial charge in [-0.1, -0.05) is 35.3 Å². The van der Waals surface area contributed by atoms with Gasteiger partial charge in [-0.3, -0.25) is 14.9 Å². The number of non-ortho nitro benzene ring substituents is 1. The maximum atomic E-state index is 12.0. The molecule has 0 saturated carbocycles. The summed E-state index contributed by atoms with van der Waals surface area (Å²) in [4.78, 5) is 22.2. The first-order valence-corrected chi connectivity index (χ1v) is 7.43. The third-order valence-electron chi connectivity index (χ3n) is 3.38. The van der Waals surface area contributed by atoms with Crippen LogP contribution in [0.15, 0.2) is 35.1 Å². The Labute approximate surface area is 144 Å². The summed E-state index contributed by atoms with van der Waals surface area (Å²) in [7, 11) is 0. The topological polar surface area (TPSA) is 98.1 Å². The lowest BCUT2D eigenvalue weighted by atomic mass is 10.1. The Hall–Kier alpha value is -2.64. The molecular formula is C15H9Cl2N3O4. The number of nitro benzene ring substituents is 1. The van der Waals surface area contributed by atoms with Crippen molar-refractivity contribution in [3.05, 3.63) is 66.4 Å². The Bertz CT molecular complexity index is 1010. The zero-order valence-electron chi connectivity index (χ0n) is 12.2. The predicted octanol–water partition coefficient (Wildman–Crippen LogP) is 4.24. The number of ether oxygens (including phenoxy) is 1. The van der Waals surface area contributed by atoms with Gasteiger partial charge in [-0.05, 0) is 18.6 Å². The smallest absolute Gasteiger partial charge is 0.272 e. The number of benzene rings is 2. The lowest BCUT2D eigenvalue weighted by Crippen LogP contribution is -2.10. The molecule has 2 aromatic carbocycles. The van der Waals surface area contributed by atoms with Gasteiger partial charge in [0.05, 0.1) is 25.7 Å². The van der Waals surface area contributed by atoms with Gasteiger partial charge in [0, 0.05) is 12.1 Å². The van der Waals surface area contributed by atoms with Crippen molar-refractivity contribution in [3.63, 3.8) is 0 Å². The van der Waals surface area contributed by atoms with Crippen molar-refractivity contribution >= 4 is 39.7 Å². The second-order valence-electron chi connectivity index (χ2n) is 4.95. The molecule has 0 aliphatic heterocycles. The zero-order valence-corrected chi connectivity index (χ0v) is 13.7. The fourth-order valence-corrected chi connectivity index (χ4v) is 2.84. The zero-order chi connectivity index (χ0) is 17.4. The van der Waals surface area contributed by atoms with E-state index in [1.165, 1.54) is 0 Å². The summed E-state index contributed by atoms with van der Waals surface area (Å²) >= 11 is 12.1. The quantitative estimate of drug-likeness (QED) is 0.552. The summed E-state index contributed by atoms with van der Waals surface area (Å²) < 4.78 is 5.63. The number of H-pyrrole nitrogens is 1. The summed E-state index contributed by atoms with van der Waals surface area (Å²) in [6.45, 7) is 1.78. The van der Waals surface area contributed by atoms with E-state index in [4.69, 9.17) is 27.9 Å². The van der Waals surface area contributed by atoms with Crippen molar-refractivity contribution in [2.24, 2.45) is 0 Å². The molecule has 122 valence electrons. The van der Waals surface area contributed by atoms with Crippen molar-refractivity contribution in [2.45, 2.75) is 6.92 Å². The number of aromatic nitrogens is 2. The average Bonchev–Trinajstić information content (AvgIpc) is 2.52. The Morgan fingerprint density at radius 3 is 2.54 bits per heavy atom.